The van der Waals surface area contributed by atoms with Crippen LogP contribution < -0.4 is 20.7 Å². The van der Waals surface area contributed by atoms with Gasteiger partial charge in [0.05, 0.1) is 46.7 Å². The zero-order valence-corrected chi connectivity index (χ0v) is 18.6. The van der Waals surface area contributed by atoms with Crippen molar-refractivity contribution < 1.29 is 9.53 Å². The topological polar surface area (TPSA) is 135 Å². The number of hydrogen-bond acceptors (Lipinski definition) is 8. The Morgan fingerprint density at radius 3 is 2.91 bits per heavy atom. The number of fused-ring (bicyclic) bond motifs is 1. The third-order valence-electron chi connectivity index (χ3n) is 5.26. The summed E-state index contributed by atoms with van der Waals surface area (Å²) in [5, 5.41) is 17.5. The van der Waals surface area contributed by atoms with E-state index in [1.807, 2.05) is 6.07 Å². The number of ether oxygens (including phenoxy) is 1. The average molecular weight is 466 g/mol. The number of para-hydroxylation sites is 1. The van der Waals surface area contributed by atoms with Crippen molar-refractivity contribution in [3.05, 3.63) is 52.9 Å². The lowest BCUT2D eigenvalue weighted by Crippen LogP contribution is -2.31. The Labute approximate surface area is 193 Å². The SMILES string of the molecule is COc1c(Cl)cccc1Nc1c(-c2ccnc(Nc3cnnn3C)n2)[nH]c2c1C(=O)NCC2. The Bertz CT molecular complexity index is 1350. The average Bonchev–Trinajstić information content (AvgIpc) is 3.38. The van der Waals surface area contributed by atoms with Crippen LogP contribution in [0.4, 0.5) is 23.1 Å². The molecule has 11 nitrogen and oxygen atoms in total. The minimum atomic E-state index is -0.171. The molecule has 0 saturated heterocycles. The second-order valence-electron chi connectivity index (χ2n) is 7.31. The van der Waals surface area contributed by atoms with Crippen molar-refractivity contribution in [3.8, 4) is 17.1 Å². The number of rotatable bonds is 6. The van der Waals surface area contributed by atoms with Gasteiger partial charge in [0.1, 0.15) is 0 Å². The number of benzene rings is 1. The molecule has 0 saturated carbocycles. The van der Waals surface area contributed by atoms with Crippen LogP contribution in [0.3, 0.4) is 0 Å². The van der Waals surface area contributed by atoms with Gasteiger partial charge in [0.2, 0.25) is 5.95 Å². The number of carbonyl (C=O) groups is 1. The highest BCUT2D eigenvalue weighted by Gasteiger charge is 2.28. The van der Waals surface area contributed by atoms with Crippen molar-refractivity contribution in [2.75, 3.05) is 24.3 Å². The van der Waals surface area contributed by atoms with Gasteiger partial charge in [-0.1, -0.05) is 22.9 Å². The number of H-pyrrole nitrogens is 1. The van der Waals surface area contributed by atoms with E-state index in [4.69, 9.17) is 16.3 Å². The van der Waals surface area contributed by atoms with Gasteiger partial charge >= 0.3 is 0 Å². The third-order valence-corrected chi connectivity index (χ3v) is 5.56. The van der Waals surface area contributed by atoms with Crippen LogP contribution >= 0.6 is 11.6 Å². The van der Waals surface area contributed by atoms with Gasteiger partial charge in [-0.3, -0.25) is 4.79 Å². The van der Waals surface area contributed by atoms with E-state index in [0.717, 1.165) is 5.69 Å². The molecule has 33 heavy (non-hydrogen) atoms. The number of aryl methyl sites for hydroxylation is 1. The predicted octanol–water partition coefficient (Wildman–Crippen LogP) is 3.04. The minimum absolute atomic E-state index is 0.171. The molecule has 4 aromatic rings. The lowest BCUT2D eigenvalue weighted by Gasteiger charge is -2.17. The number of nitrogens with one attached hydrogen (secondary N) is 4. The maximum Gasteiger partial charge on any atom is 0.255 e. The van der Waals surface area contributed by atoms with Crippen molar-refractivity contribution >= 4 is 40.6 Å². The number of carbonyl (C=O) groups excluding carboxylic acids is 1. The molecule has 1 aromatic carbocycles. The summed E-state index contributed by atoms with van der Waals surface area (Å²) < 4.78 is 7.05. The number of hydrogen-bond donors (Lipinski definition) is 4. The molecule has 0 aliphatic carbocycles. The number of anilines is 4. The Kier molecular flexibility index (Phi) is 5.31. The molecule has 1 aliphatic heterocycles. The van der Waals surface area contributed by atoms with E-state index in [1.165, 1.54) is 0 Å². The van der Waals surface area contributed by atoms with Gasteiger partial charge in [-0.2, -0.15) is 0 Å². The molecule has 1 aliphatic rings. The quantitative estimate of drug-likeness (QED) is 0.341. The summed E-state index contributed by atoms with van der Waals surface area (Å²) in [6.07, 6.45) is 3.88. The summed E-state index contributed by atoms with van der Waals surface area (Å²) in [4.78, 5) is 25.1. The highest BCUT2D eigenvalue weighted by Crippen LogP contribution is 2.40. The van der Waals surface area contributed by atoms with E-state index in [0.29, 0.717) is 63.8 Å². The van der Waals surface area contributed by atoms with E-state index in [2.05, 4.69) is 41.2 Å². The van der Waals surface area contributed by atoms with Crippen LogP contribution in [0.25, 0.3) is 11.4 Å². The predicted molar refractivity (Wildman–Crippen MR) is 123 cm³/mol. The van der Waals surface area contributed by atoms with Crippen LogP contribution in [0.2, 0.25) is 5.02 Å². The second kappa shape index (κ2) is 8.43. The van der Waals surface area contributed by atoms with Crippen molar-refractivity contribution in [3.63, 3.8) is 0 Å². The normalized spacial score (nSPS) is 12.8. The zero-order valence-electron chi connectivity index (χ0n) is 17.8. The fourth-order valence-corrected chi connectivity index (χ4v) is 3.97. The summed E-state index contributed by atoms with van der Waals surface area (Å²) in [7, 11) is 3.31. The molecule has 1 amide bonds. The van der Waals surface area contributed by atoms with E-state index >= 15 is 0 Å². The monoisotopic (exact) mass is 465 g/mol. The molecule has 12 heteroatoms. The van der Waals surface area contributed by atoms with Crippen LogP contribution in [0.15, 0.2) is 36.7 Å². The number of aromatic nitrogens is 6. The number of methoxy groups -OCH3 is 1. The number of halogens is 1. The second-order valence-corrected chi connectivity index (χ2v) is 7.72. The van der Waals surface area contributed by atoms with Crippen molar-refractivity contribution in [1.82, 2.24) is 35.3 Å². The van der Waals surface area contributed by atoms with Gasteiger partial charge in [0, 0.05) is 31.9 Å². The molecule has 4 heterocycles. The first-order chi connectivity index (χ1) is 16.0. The maximum atomic E-state index is 12.8. The van der Waals surface area contributed by atoms with Crippen LogP contribution in [-0.2, 0) is 13.5 Å². The molecule has 5 rings (SSSR count). The highest BCUT2D eigenvalue weighted by atomic mass is 35.5. The highest BCUT2D eigenvalue weighted by molar-refractivity contribution is 6.32. The molecule has 0 fully saturated rings. The van der Waals surface area contributed by atoms with Crippen LogP contribution in [0.1, 0.15) is 16.1 Å². The number of aromatic amines is 1. The molecule has 0 atom stereocenters. The van der Waals surface area contributed by atoms with Crippen LogP contribution in [-0.4, -0.2) is 49.5 Å². The fraction of sp³-hybridized carbons (Fsp3) is 0.190. The summed E-state index contributed by atoms with van der Waals surface area (Å²) in [6.45, 7) is 0.551. The smallest absolute Gasteiger partial charge is 0.255 e. The van der Waals surface area contributed by atoms with Crippen LogP contribution in [0.5, 0.6) is 5.75 Å². The standard InChI is InChI=1S/C21H20ClN9O2/c1-31-15(10-25-30-31)29-21-24-9-7-13(28-21)17-18(16-12(26-17)6-8-23-20(16)32)27-14-5-3-4-11(22)19(14)33-2/h3-5,7,9-10,26-27H,6,8H2,1-2H3,(H,23,32)(H,24,28,29). The molecule has 0 bridgehead atoms. The molecular formula is C21H20ClN9O2. The maximum absolute atomic E-state index is 12.8. The van der Waals surface area contributed by atoms with E-state index in [1.54, 1.807) is 49.4 Å². The summed E-state index contributed by atoms with van der Waals surface area (Å²) in [5.74, 6) is 1.31. The molecule has 3 aromatic heterocycles. The summed E-state index contributed by atoms with van der Waals surface area (Å²) >= 11 is 6.31. The van der Waals surface area contributed by atoms with Gasteiger partial charge in [-0.25, -0.2) is 14.6 Å². The first-order valence-corrected chi connectivity index (χ1v) is 10.5. The van der Waals surface area contributed by atoms with E-state index in [-0.39, 0.29) is 5.91 Å². The first kappa shape index (κ1) is 20.8. The van der Waals surface area contributed by atoms with Gasteiger partial charge in [0.15, 0.2) is 11.6 Å². The first-order valence-electron chi connectivity index (χ1n) is 10.1. The number of nitrogens with zero attached hydrogens (tertiary/aromatic N) is 5. The molecular weight excluding hydrogens is 446 g/mol. The molecule has 168 valence electrons. The lowest BCUT2D eigenvalue weighted by molar-refractivity contribution is 0.0947. The number of amides is 1. The van der Waals surface area contributed by atoms with E-state index in [9.17, 15) is 4.79 Å². The van der Waals surface area contributed by atoms with Gasteiger partial charge in [0.25, 0.3) is 5.91 Å². The Morgan fingerprint density at radius 2 is 2.12 bits per heavy atom. The van der Waals surface area contributed by atoms with Crippen molar-refractivity contribution in [1.29, 1.82) is 0 Å². The molecule has 0 radical (unpaired) electrons. The Hall–Kier alpha value is -4.12. The molecule has 0 unspecified atom stereocenters. The minimum Gasteiger partial charge on any atom is -0.493 e. The Balaban J connectivity index is 1.60. The van der Waals surface area contributed by atoms with Crippen molar-refractivity contribution in [2.24, 2.45) is 7.05 Å². The van der Waals surface area contributed by atoms with E-state index < -0.39 is 0 Å². The summed E-state index contributed by atoms with van der Waals surface area (Å²) in [6, 6.07) is 7.14. The van der Waals surface area contributed by atoms with Gasteiger partial charge in [-0.15, -0.1) is 5.10 Å². The van der Waals surface area contributed by atoms with Gasteiger partial charge < -0.3 is 25.7 Å². The zero-order chi connectivity index (χ0) is 22.9. The Morgan fingerprint density at radius 1 is 1.24 bits per heavy atom. The fourth-order valence-electron chi connectivity index (χ4n) is 3.72. The molecule has 0 spiro atoms. The third kappa shape index (κ3) is 3.82. The molecule has 4 N–H and O–H groups in total. The largest absolute Gasteiger partial charge is 0.493 e. The van der Waals surface area contributed by atoms with Crippen molar-refractivity contribution in [2.45, 2.75) is 6.42 Å². The van der Waals surface area contributed by atoms with Gasteiger partial charge in [-0.05, 0) is 18.2 Å². The summed E-state index contributed by atoms with van der Waals surface area (Å²) in [5.41, 5.74) is 3.79. The lowest BCUT2D eigenvalue weighted by atomic mass is 10.1. The van der Waals surface area contributed by atoms with Crippen LogP contribution in [0, 0.1) is 0 Å².